The zero-order valence-corrected chi connectivity index (χ0v) is 10.6. The molecule has 0 fully saturated rings. The molecule has 94 valence electrons. The summed E-state index contributed by atoms with van der Waals surface area (Å²) in [6, 6.07) is 9.47. The number of pyridine rings is 1. The van der Waals surface area contributed by atoms with Crippen LogP contribution < -0.4 is 11.1 Å². The van der Waals surface area contributed by atoms with E-state index >= 15 is 0 Å². The molecule has 0 saturated carbocycles. The van der Waals surface area contributed by atoms with Gasteiger partial charge in [0.1, 0.15) is 0 Å². The van der Waals surface area contributed by atoms with Crippen LogP contribution in [0.3, 0.4) is 0 Å². The maximum atomic E-state index is 11.9. The lowest BCUT2D eigenvalue weighted by molar-refractivity contribution is 0.0964. The van der Waals surface area contributed by atoms with Gasteiger partial charge in [-0.2, -0.15) is 0 Å². The summed E-state index contributed by atoms with van der Waals surface area (Å²) in [5.41, 5.74) is 8.00. The minimum Gasteiger partial charge on any atom is -0.355 e. The van der Waals surface area contributed by atoms with Crippen molar-refractivity contribution in [3.63, 3.8) is 0 Å². The summed E-state index contributed by atoms with van der Waals surface area (Å²) in [7, 11) is 1.63. The largest absolute Gasteiger partial charge is 0.355 e. The van der Waals surface area contributed by atoms with Gasteiger partial charge in [0.05, 0.1) is 11.1 Å². The second-order valence-electron chi connectivity index (χ2n) is 4.33. The van der Waals surface area contributed by atoms with Gasteiger partial charge < -0.3 is 11.1 Å². The zero-order valence-electron chi connectivity index (χ0n) is 10.6. The summed E-state index contributed by atoms with van der Waals surface area (Å²) in [6.07, 6.45) is 0. The van der Waals surface area contributed by atoms with Gasteiger partial charge in [-0.15, -0.1) is 0 Å². The summed E-state index contributed by atoms with van der Waals surface area (Å²) in [5.74, 6) is 0.0390. The highest BCUT2D eigenvalue weighted by molar-refractivity contribution is 6.06. The summed E-state index contributed by atoms with van der Waals surface area (Å²) < 4.78 is 0. The highest BCUT2D eigenvalue weighted by atomic mass is 16.1. The standard InChI is InChI=1S/C14H17N3O/c1-9(8-15)13-7-11(14(18)16-2)10-5-3-4-6-12(10)17-13/h3-7,9H,8,15H2,1-2H3,(H,16,18). The lowest BCUT2D eigenvalue weighted by Crippen LogP contribution is -2.19. The fourth-order valence-corrected chi connectivity index (χ4v) is 1.89. The Bertz CT molecular complexity index is 580. The van der Waals surface area contributed by atoms with E-state index in [-0.39, 0.29) is 11.8 Å². The Labute approximate surface area is 106 Å². The number of amides is 1. The number of hydrogen-bond acceptors (Lipinski definition) is 3. The Morgan fingerprint density at radius 2 is 2.17 bits per heavy atom. The Kier molecular flexibility index (Phi) is 3.58. The van der Waals surface area contributed by atoms with E-state index in [4.69, 9.17) is 5.73 Å². The van der Waals surface area contributed by atoms with Crippen molar-refractivity contribution in [1.82, 2.24) is 10.3 Å². The average molecular weight is 243 g/mol. The highest BCUT2D eigenvalue weighted by Crippen LogP contribution is 2.22. The fraction of sp³-hybridized carbons (Fsp3) is 0.286. The Hall–Kier alpha value is -1.94. The van der Waals surface area contributed by atoms with Crippen LogP contribution in [0.5, 0.6) is 0 Å². The van der Waals surface area contributed by atoms with Crippen LogP contribution in [-0.2, 0) is 0 Å². The molecular formula is C14H17N3O. The predicted octanol–water partition coefficient (Wildman–Crippen LogP) is 1.66. The first-order valence-corrected chi connectivity index (χ1v) is 5.99. The van der Waals surface area contributed by atoms with Crippen LogP contribution >= 0.6 is 0 Å². The summed E-state index contributed by atoms with van der Waals surface area (Å²) >= 11 is 0. The lowest BCUT2D eigenvalue weighted by atomic mass is 10.0. The number of hydrogen-bond donors (Lipinski definition) is 2. The van der Waals surface area contributed by atoms with Crippen molar-refractivity contribution in [1.29, 1.82) is 0 Å². The van der Waals surface area contributed by atoms with Crippen molar-refractivity contribution in [2.75, 3.05) is 13.6 Å². The number of rotatable bonds is 3. The number of benzene rings is 1. The smallest absolute Gasteiger partial charge is 0.251 e. The first kappa shape index (κ1) is 12.5. The van der Waals surface area contributed by atoms with Crippen molar-refractivity contribution in [2.45, 2.75) is 12.8 Å². The van der Waals surface area contributed by atoms with Crippen molar-refractivity contribution in [3.8, 4) is 0 Å². The molecule has 4 heteroatoms. The van der Waals surface area contributed by atoms with E-state index in [1.165, 1.54) is 0 Å². The van der Waals surface area contributed by atoms with Crippen LogP contribution in [0, 0.1) is 0 Å². The Balaban J connectivity index is 2.68. The Morgan fingerprint density at radius 1 is 1.44 bits per heavy atom. The van der Waals surface area contributed by atoms with Crippen LogP contribution in [-0.4, -0.2) is 24.5 Å². The monoisotopic (exact) mass is 243 g/mol. The van der Waals surface area contributed by atoms with E-state index in [0.29, 0.717) is 12.1 Å². The number of nitrogens with one attached hydrogen (secondary N) is 1. The van der Waals surface area contributed by atoms with E-state index in [0.717, 1.165) is 16.6 Å². The molecule has 0 aliphatic rings. The zero-order chi connectivity index (χ0) is 13.1. The van der Waals surface area contributed by atoms with Gasteiger partial charge in [-0.3, -0.25) is 9.78 Å². The van der Waals surface area contributed by atoms with Gasteiger partial charge in [-0.25, -0.2) is 0 Å². The third-order valence-corrected chi connectivity index (χ3v) is 3.07. The summed E-state index contributed by atoms with van der Waals surface area (Å²) in [4.78, 5) is 16.5. The molecule has 1 unspecified atom stereocenters. The minimum absolute atomic E-state index is 0.0981. The number of carbonyl (C=O) groups is 1. The first-order valence-electron chi connectivity index (χ1n) is 5.99. The quantitative estimate of drug-likeness (QED) is 0.861. The molecule has 1 heterocycles. The highest BCUT2D eigenvalue weighted by Gasteiger charge is 2.14. The predicted molar refractivity (Wildman–Crippen MR) is 72.6 cm³/mol. The minimum atomic E-state index is -0.0981. The van der Waals surface area contributed by atoms with Gasteiger partial charge >= 0.3 is 0 Å². The third-order valence-electron chi connectivity index (χ3n) is 3.07. The molecule has 0 spiro atoms. The molecule has 18 heavy (non-hydrogen) atoms. The normalized spacial score (nSPS) is 12.4. The molecule has 1 amide bonds. The molecule has 1 aromatic carbocycles. The number of para-hydroxylation sites is 1. The third kappa shape index (κ3) is 2.19. The van der Waals surface area contributed by atoms with Gasteiger partial charge in [-0.1, -0.05) is 25.1 Å². The summed E-state index contributed by atoms with van der Waals surface area (Å²) in [5, 5.41) is 3.53. The van der Waals surface area contributed by atoms with Crippen LogP contribution in [0.2, 0.25) is 0 Å². The second-order valence-corrected chi connectivity index (χ2v) is 4.33. The topological polar surface area (TPSA) is 68.0 Å². The number of aromatic nitrogens is 1. The van der Waals surface area contributed by atoms with Gasteiger partial charge in [0, 0.05) is 30.6 Å². The number of nitrogens with two attached hydrogens (primary N) is 1. The fourth-order valence-electron chi connectivity index (χ4n) is 1.89. The van der Waals surface area contributed by atoms with E-state index < -0.39 is 0 Å². The molecule has 2 aromatic rings. The van der Waals surface area contributed by atoms with E-state index in [9.17, 15) is 4.79 Å². The molecule has 2 rings (SSSR count). The van der Waals surface area contributed by atoms with Crippen molar-refractivity contribution in [2.24, 2.45) is 5.73 Å². The van der Waals surface area contributed by atoms with Crippen LogP contribution in [0.1, 0.15) is 28.9 Å². The maximum Gasteiger partial charge on any atom is 0.251 e. The lowest BCUT2D eigenvalue weighted by Gasteiger charge is -2.12. The SMILES string of the molecule is CNC(=O)c1cc(C(C)CN)nc2ccccc12. The van der Waals surface area contributed by atoms with Crippen molar-refractivity contribution in [3.05, 3.63) is 41.6 Å². The molecule has 3 N–H and O–H groups in total. The van der Waals surface area contributed by atoms with Crippen molar-refractivity contribution >= 4 is 16.8 Å². The molecule has 4 nitrogen and oxygen atoms in total. The first-order chi connectivity index (χ1) is 8.67. The van der Waals surface area contributed by atoms with Gasteiger partial charge in [-0.05, 0) is 12.1 Å². The molecule has 0 saturated heterocycles. The summed E-state index contributed by atoms with van der Waals surface area (Å²) in [6.45, 7) is 2.52. The van der Waals surface area contributed by atoms with Gasteiger partial charge in [0.25, 0.3) is 5.91 Å². The molecule has 0 aliphatic heterocycles. The Morgan fingerprint density at radius 3 is 2.83 bits per heavy atom. The molecule has 1 atom stereocenters. The van der Waals surface area contributed by atoms with E-state index in [1.807, 2.05) is 37.3 Å². The van der Waals surface area contributed by atoms with Crippen LogP contribution in [0.25, 0.3) is 10.9 Å². The molecule has 0 aliphatic carbocycles. The van der Waals surface area contributed by atoms with Gasteiger partial charge in [0.2, 0.25) is 0 Å². The van der Waals surface area contributed by atoms with Crippen molar-refractivity contribution < 1.29 is 4.79 Å². The number of fused-ring (bicyclic) bond motifs is 1. The molecule has 0 radical (unpaired) electrons. The number of carbonyl (C=O) groups excluding carboxylic acids is 1. The van der Waals surface area contributed by atoms with Crippen LogP contribution in [0.4, 0.5) is 0 Å². The molecule has 0 bridgehead atoms. The van der Waals surface area contributed by atoms with Gasteiger partial charge in [0.15, 0.2) is 0 Å². The molecule has 1 aromatic heterocycles. The van der Waals surface area contributed by atoms with E-state index in [2.05, 4.69) is 10.3 Å². The maximum absolute atomic E-state index is 11.9. The van der Waals surface area contributed by atoms with Crippen LogP contribution in [0.15, 0.2) is 30.3 Å². The van der Waals surface area contributed by atoms with E-state index in [1.54, 1.807) is 7.05 Å². The second kappa shape index (κ2) is 5.14. The molecular weight excluding hydrogens is 226 g/mol. The number of nitrogens with zero attached hydrogens (tertiary/aromatic N) is 1. The average Bonchev–Trinajstić information content (AvgIpc) is 2.44.